The van der Waals surface area contributed by atoms with Crippen molar-refractivity contribution in [1.29, 1.82) is 0 Å². The molecule has 1 aliphatic rings. The van der Waals surface area contributed by atoms with Gasteiger partial charge in [0.05, 0.1) is 19.0 Å². The highest BCUT2D eigenvalue weighted by Gasteiger charge is 2.33. The van der Waals surface area contributed by atoms with Crippen LogP contribution in [0.15, 0.2) is 27.6 Å². The summed E-state index contributed by atoms with van der Waals surface area (Å²) >= 11 is 5.01. The number of hydrogen-bond donors (Lipinski definition) is 1. The highest BCUT2D eigenvalue weighted by Crippen LogP contribution is 2.26. The molecule has 0 spiro atoms. The van der Waals surface area contributed by atoms with Crippen LogP contribution in [0, 0.1) is 12.3 Å². The first-order valence-electron chi connectivity index (χ1n) is 6.22. The number of thioether (sulfide) groups is 1. The van der Waals surface area contributed by atoms with Gasteiger partial charge in [0.15, 0.2) is 0 Å². The van der Waals surface area contributed by atoms with Gasteiger partial charge in [0.1, 0.15) is 0 Å². The molecule has 1 aromatic rings. The second-order valence-electron chi connectivity index (χ2n) is 5.28. The van der Waals surface area contributed by atoms with Gasteiger partial charge in [0.2, 0.25) is 5.91 Å². The van der Waals surface area contributed by atoms with Gasteiger partial charge in [-0.2, -0.15) is 0 Å². The van der Waals surface area contributed by atoms with E-state index in [9.17, 15) is 4.79 Å². The molecule has 1 aromatic carbocycles. The third-order valence-electron chi connectivity index (χ3n) is 3.11. The van der Waals surface area contributed by atoms with E-state index in [1.54, 1.807) is 11.8 Å². The Morgan fingerprint density at radius 3 is 2.84 bits per heavy atom. The zero-order valence-corrected chi connectivity index (χ0v) is 13.6. The average Bonchev–Trinajstić information content (AvgIpc) is 2.33. The summed E-state index contributed by atoms with van der Waals surface area (Å²) in [5, 5.41) is 2.98. The van der Waals surface area contributed by atoms with E-state index in [1.807, 2.05) is 12.1 Å². The maximum absolute atomic E-state index is 11.8. The van der Waals surface area contributed by atoms with E-state index in [2.05, 4.69) is 41.2 Å². The van der Waals surface area contributed by atoms with Crippen LogP contribution >= 0.6 is 27.7 Å². The van der Waals surface area contributed by atoms with E-state index in [1.165, 1.54) is 5.56 Å². The molecular weight excluding hydrogens is 326 g/mol. The van der Waals surface area contributed by atoms with Gasteiger partial charge in [-0.3, -0.25) is 4.79 Å². The number of aryl methyl sites for hydroxylation is 1. The van der Waals surface area contributed by atoms with Crippen molar-refractivity contribution in [1.82, 2.24) is 5.32 Å². The lowest BCUT2D eigenvalue weighted by Gasteiger charge is -2.38. The molecule has 5 heteroatoms. The van der Waals surface area contributed by atoms with Crippen molar-refractivity contribution < 1.29 is 9.53 Å². The van der Waals surface area contributed by atoms with Crippen LogP contribution in [0.3, 0.4) is 0 Å². The van der Waals surface area contributed by atoms with Crippen molar-refractivity contribution in [2.75, 3.05) is 25.5 Å². The number of amides is 1. The van der Waals surface area contributed by atoms with Gasteiger partial charge in [0, 0.05) is 21.3 Å². The fourth-order valence-electron chi connectivity index (χ4n) is 1.83. The molecule has 1 saturated heterocycles. The second kappa shape index (κ2) is 6.29. The summed E-state index contributed by atoms with van der Waals surface area (Å²) in [5.41, 5.74) is 1.32. The molecule has 0 bridgehead atoms. The molecule has 0 aromatic heterocycles. The number of carbonyl (C=O) groups excluding carboxylic acids is 1. The van der Waals surface area contributed by atoms with E-state index in [0.717, 1.165) is 22.6 Å². The van der Waals surface area contributed by atoms with E-state index in [-0.39, 0.29) is 11.3 Å². The van der Waals surface area contributed by atoms with Crippen molar-refractivity contribution in [3.63, 3.8) is 0 Å². The minimum Gasteiger partial charge on any atom is -0.380 e. The molecule has 0 saturated carbocycles. The molecule has 0 radical (unpaired) electrons. The maximum atomic E-state index is 11.8. The van der Waals surface area contributed by atoms with Crippen LogP contribution < -0.4 is 5.32 Å². The molecule has 1 aliphatic heterocycles. The summed E-state index contributed by atoms with van der Waals surface area (Å²) in [4.78, 5) is 12.9. The summed E-state index contributed by atoms with van der Waals surface area (Å²) in [6.45, 7) is 6.37. The molecular formula is C14H18BrNO2S. The first-order valence-corrected chi connectivity index (χ1v) is 8.00. The van der Waals surface area contributed by atoms with Gasteiger partial charge in [-0.05, 0) is 30.7 Å². The van der Waals surface area contributed by atoms with Gasteiger partial charge in [-0.15, -0.1) is 11.8 Å². The van der Waals surface area contributed by atoms with Gasteiger partial charge < -0.3 is 10.1 Å². The maximum Gasteiger partial charge on any atom is 0.230 e. The topological polar surface area (TPSA) is 38.3 Å². The van der Waals surface area contributed by atoms with E-state index in [0.29, 0.717) is 12.3 Å². The number of ether oxygens (including phenoxy) is 1. The number of carbonyl (C=O) groups is 1. The quantitative estimate of drug-likeness (QED) is 0.835. The summed E-state index contributed by atoms with van der Waals surface area (Å²) < 4.78 is 6.23. The summed E-state index contributed by atoms with van der Waals surface area (Å²) in [7, 11) is 0. The number of hydrogen-bond acceptors (Lipinski definition) is 3. The molecule has 0 aliphatic carbocycles. The predicted octanol–water partition coefficient (Wildman–Crippen LogP) is 3.00. The monoisotopic (exact) mass is 343 g/mol. The lowest BCUT2D eigenvalue weighted by atomic mass is 9.89. The Morgan fingerprint density at radius 1 is 1.53 bits per heavy atom. The Bertz CT molecular complexity index is 475. The molecule has 0 unspecified atom stereocenters. The van der Waals surface area contributed by atoms with Crippen molar-refractivity contribution in [2.24, 2.45) is 5.41 Å². The van der Waals surface area contributed by atoms with Crippen molar-refractivity contribution in [3.05, 3.63) is 28.2 Å². The second-order valence-corrected chi connectivity index (χ2v) is 7.21. The summed E-state index contributed by atoms with van der Waals surface area (Å²) in [5.74, 6) is 0.541. The zero-order valence-electron chi connectivity index (χ0n) is 11.2. The highest BCUT2D eigenvalue weighted by atomic mass is 79.9. The lowest BCUT2D eigenvalue weighted by molar-refractivity contribution is -0.124. The van der Waals surface area contributed by atoms with Gasteiger partial charge in [-0.1, -0.05) is 22.9 Å². The molecule has 19 heavy (non-hydrogen) atoms. The van der Waals surface area contributed by atoms with Gasteiger partial charge >= 0.3 is 0 Å². The standard InChI is InChI=1S/C14H18BrNO2S/c1-10-5-11(15)3-4-12(10)19-6-13(17)16-7-14(2)8-18-9-14/h3-5H,6-9H2,1-2H3,(H,16,17). The third kappa shape index (κ3) is 4.23. The smallest absolute Gasteiger partial charge is 0.230 e. The first-order chi connectivity index (χ1) is 8.98. The minimum atomic E-state index is 0.0837. The van der Waals surface area contributed by atoms with Crippen LogP contribution in [0.1, 0.15) is 12.5 Å². The van der Waals surface area contributed by atoms with Crippen molar-refractivity contribution in [3.8, 4) is 0 Å². The van der Waals surface area contributed by atoms with Crippen LogP contribution in [-0.4, -0.2) is 31.4 Å². The number of benzene rings is 1. The largest absolute Gasteiger partial charge is 0.380 e. The molecule has 1 fully saturated rings. The molecule has 1 heterocycles. The average molecular weight is 344 g/mol. The Morgan fingerprint density at radius 2 is 2.26 bits per heavy atom. The summed E-state index contributed by atoms with van der Waals surface area (Å²) in [6, 6.07) is 6.10. The van der Waals surface area contributed by atoms with Crippen molar-refractivity contribution >= 4 is 33.6 Å². The van der Waals surface area contributed by atoms with E-state index >= 15 is 0 Å². The number of rotatable bonds is 5. The minimum absolute atomic E-state index is 0.0837. The first kappa shape index (κ1) is 14.9. The Labute approximate surface area is 126 Å². The van der Waals surface area contributed by atoms with Gasteiger partial charge in [0.25, 0.3) is 0 Å². The third-order valence-corrected chi connectivity index (χ3v) is 4.78. The molecule has 1 amide bonds. The normalized spacial score (nSPS) is 16.8. The molecule has 0 atom stereocenters. The van der Waals surface area contributed by atoms with E-state index in [4.69, 9.17) is 4.74 Å². The SMILES string of the molecule is Cc1cc(Br)ccc1SCC(=O)NCC1(C)COC1. The fraction of sp³-hybridized carbons (Fsp3) is 0.500. The molecule has 2 rings (SSSR count). The Balaban J connectivity index is 1.76. The molecule has 104 valence electrons. The number of halogens is 1. The fourth-order valence-corrected chi connectivity index (χ4v) is 3.15. The lowest BCUT2D eigenvalue weighted by Crippen LogP contribution is -2.48. The van der Waals surface area contributed by atoms with Crippen LogP contribution in [-0.2, 0) is 9.53 Å². The zero-order chi connectivity index (χ0) is 13.9. The summed E-state index contributed by atoms with van der Waals surface area (Å²) in [6.07, 6.45) is 0. The Kier molecular flexibility index (Phi) is 4.92. The molecule has 1 N–H and O–H groups in total. The van der Waals surface area contributed by atoms with Gasteiger partial charge in [-0.25, -0.2) is 0 Å². The number of nitrogens with one attached hydrogen (secondary N) is 1. The van der Waals surface area contributed by atoms with Crippen molar-refractivity contribution in [2.45, 2.75) is 18.7 Å². The van der Waals surface area contributed by atoms with Crippen LogP contribution in [0.2, 0.25) is 0 Å². The van der Waals surface area contributed by atoms with Crippen LogP contribution in [0.4, 0.5) is 0 Å². The molecule has 3 nitrogen and oxygen atoms in total. The van der Waals surface area contributed by atoms with Crippen LogP contribution in [0.25, 0.3) is 0 Å². The van der Waals surface area contributed by atoms with Crippen LogP contribution in [0.5, 0.6) is 0 Å². The predicted molar refractivity (Wildman–Crippen MR) is 81.5 cm³/mol. The van der Waals surface area contributed by atoms with E-state index < -0.39 is 0 Å². The Hall–Kier alpha value is -0.520. The highest BCUT2D eigenvalue weighted by molar-refractivity contribution is 9.10.